The SMILES string of the molecule is O=C(c1ccc2ccccc2c1)c1cccc(-c2ccccn2)n1. The predicted molar refractivity (Wildman–Crippen MR) is 94.8 cm³/mol. The van der Waals surface area contributed by atoms with E-state index in [1.807, 2.05) is 72.8 Å². The molecule has 114 valence electrons. The van der Waals surface area contributed by atoms with E-state index in [4.69, 9.17) is 0 Å². The number of carbonyl (C=O) groups is 1. The van der Waals surface area contributed by atoms with E-state index >= 15 is 0 Å². The Morgan fingerprint density at radius 1 is 0.708 bits per heavy atom. The molecule has 2 heterocycles. The molecule has 4 rings (SSSR count). The second-order valence-corrected chi connectivity index (χ2v) is 5.51. The van der Waals surface area contributed by atoms with Crippen molar-refractivity contribution < 1.29 is 4.79 Å². The summed E-state index contributed by atoms with van der Waals surface area (Å²) in [5.41, 5.74) is 2.51. The molecular formula is C21H14N2O. The molecule has 0 amide bonds. The molecule has 0 spiro atoms. The molecule has 24 heavy (non-hydrogen) atoms. The molecule has 0 N–H and O–H groups in total. The highest BCUT2D eigenvalue weighted by atomic mass is 16.1. The monoisotopic (exact) mass is 310 g/mol. The van der Waals surface area contributed by atoms with E-state index in [1.54, 1.807) is 12.3 Å². The van der Waals surface area contributed by atoms with Crippen LogP contribution in [0.4, 0.5) is 0 Å². The Morgan fingerprint density at radius 2 is 1.50 bits per heavy atom. The van der Waals surface area contributed by atoms with Crippen molar-refractivity contribution in [3.05, 3.63) is 96.3 Å². The van der Waals surface area contributed by atoms with Gasteiger partial charge >= 0.3 is 0 Å². The van der Waals surface area contributed by atoms with E-state index in [0.29, 0.717) is 17.0 Å². The van der Waals surface area contributed by atoms with Gasteiger partial charge < -0.3 is 0 Å². The van der Waals surface area contributed by atoms with Crippen molar-refractivity contribution in [2.24, 2.45) is 0 Å². The molecule has 0 atom stereocenters. The van der Waals surface area contributed by atoms with E-state index in [2.05, 4.69) is 9.97 Å². The average Bonchev–Trinajstić information content (AvgIpc) is 2.68. The maximum atomic E-state index is 12.8. The van der Waals surface area contributed by atoms with Crippen molar-refractivity contribution in [1.82, 2.24) is 9.97 Å². The number of fused-ring (bicyclic) bond motifs is 1. The van der Waals surface area contributed by atoms with Crippen LogP contribution in [-0.2, 0) is 0 Å². The molecule has 0 saturated carbocycles. The maximum Gasteiger partial charge on any atom is 0.211 e. The zero-order valence-electron chi connectivity index (χ0n) is 12.9. The second-order valence-electron chi connectivity index (χ2n) is 5.51. The summed E-state index contributed by atoms with van der Waals surface area (Å²) in [6.45, 7) is 0. The largest absolute Gasteiger partial charge is 0.287 e. The molecule has 4 aromatic rings. The zero-order chi connectivity index (χ0) is 16.4. The first kappa shape index (κ1) is 14.3. The molecule has 2 aromatic heterocycles. The summed E-state index contributed by atoms with van der Waals surface area (Å²) in [7, 11) is 0. The summed E-state index contributed by atoms with van der Waals surface area (Å²) >= 11 is 0. The molecule has 0 aliphatic carbocycles. The normalized spacial score (nSPS) is 10.7. The van der Waals surface area contributed by atoms with Gasteiger partial charge in [0.25, 0.3) is 0 Å². The van der Waals surface area contributed by atoms with Crippen LogP contribution in [0.1, 0.15) is 16.1 Å². The molecule has 0 saturated heterocycles. The second kappa shape index (κ2) is 6.05. The van der Waals surface area contributed by atoms with E-state index in [9.17, 15) is 4.79 Å². The smallest absolute Gasteiger partial charge is 0.211 e. The fraction of sp³-hybridized carbons (Fsp3) is 0. The number of carbonyl (C=O) groups excluding carboxylic acids is 1. The molecule has 0 radical (unpaired) electrons. The molecule has 0 unspecified atom stereocenters. The molecule has 0 bridgehead atoms. The predicted octanol–water partition coefficient (Wildman–Crippen LogP) is 4.53. The highest BCUT2D eigenvalue weighted by molar-refractivity contribution is 6.09. The van der Waals surface area contributed by atoms with Gasteiger partial charge in [-0.2, -0.15) is 0 Å². The summed E-state index contributed by atoms with van der Waals surface area (Å²) in [4.78, 5) is 21.6. The third kappa shape index (κ3) is 2.68. The Balaban J connectivity index is 1.73. The zero-order valence-corrected chi connectivity index (χ0v) is 12.9. The number of pyridine rings is 2. The maximum absolute atomic E-state index is 12.8. The molecular weight excluding hydrogens is 296 g/mol. The molecule has 3 heteroatoms. The lowest BCUT2D eigenvalue weighted by Crippen LogP contribution is -2.04. The quantitative estimate of drug-likeness (QED) is 0.522. The fourth-order valence-electron chi connectivity index (χ4n) is 2.70. The topological polar surface area (TPSA) is 42.9 Å². The highest BCUT2D eigenvalue weighted by Crippen LogP contribution is 2.19. The van der Waals surface area contributed by atoms with Gasteiger partial charge in [-0.3, -0.25) is 9.78 Å². The number of ketones is 1. The number of hydrogen-bond acceptors (Lipinski definition) is 3. The third-order valence-electron chi connectivity index (χ3n) is 3.92. The van der Waals surface area contributed by atoms with Crippen LogP contribution in [0.2, 0.25) is 0 Å². The van der Waals surface area contributed by atoms with Crippen LogP contribution in [-0.4, -0.2) is 15.8 Å². The van der Waals surface area contributed by atoms with E-state index < -0.39 is 0 Å². The Kier molecular flexibility index (Phi) is 3.60. The van der Waals surface area contributed by atoms with Crippen molar-refractivity contribution in [3.8, 4) is 11.4 Å². The lowest BCUT2D eigenvalue weighted by Gasteiger charge is -2.05. The van der Waals surface area contributed by atoms with Crippen molar-refractivity contribution in [2.75, 3.05) is 0 Å². The summed E-state index contributed by atoms with van der Waals surface area (Å²) in [5, 5.41) is 2.16. The van der Waals surface area contributed by atoms with Gasteiger partial charge in [-0.1, -0.05) is 48.5 Å². The fourth-order valence-corrected chi connectivity index (χ4v) is 2.70. The molecule has 2 aromatic carbocycles. The first-order valence-electron chi connectivity index (χ1n) is 7.73. The first-order chi connectivity index (χ1) is 11.8. The summed E-state index contributed by atoms with van der Waals surface area (Å²) in [5.74, 6) is -0.0847. The number of hydrogen-bond donors (Lipinski definition) is 0. The van der Waals surface area contributed by atoms with Crippen molar-refractivity contribution in [1.29, 1.82) is 0 Å². The molecule has 3 nitrogen and oxygen atoms in total. The van der Waals surface area contributed by atoms with Crippen LogP contribution in [0.5, 0.6) is 0 Å². The van der Waals surface area contributed by atoms with E-state index in [0.717, 1.165) is 16.5 Å². The Morgan fingerprint density at radius 3 is 2.33 bits per heavy atom. The van der Waals surface area contributed by atoms with Gasteiger partial charge in [-0.05, 0) is 41.1 Å². The van der Waals surface area contributed by atoms with Gasteiger partial charge in [0, 0.05) is 11.8 Å². The summed E-state index contributed by atoms with van der Waals surface area (Å²) in [6, 6.07) is 24.8. The third-order valence-corrected chi connectivity index (χ3v) is 3.92. The minimum Gasteiger partial charge on any atom is -0.287 e. The number of nitrogens with zero attached hydrogens (tertiary/aromatic N) is 2. The van der Waals surface area contributed by atoms with E-state index in [-0.39, 0.29) is 5.78 Å². The molecule has 0 aliphatic heterocycles. The van der Waals surface area contributed by atoms with Crippen LogP contribution in [0, 0.1) is 0 Å². The average molecular weight is 310 g/mol. The van der Waals surface area contributed by atoms with Gasteiger partial charge in [0.15, 0.2) is 0 Å². The van der Waals surface area contributed by atoms with Gasteiger partial charge in [0.05, 0.1) is 11.4 Å². The molecule has 0 fully saturated rings. The van der Waals surface area contributed by atoms with Crippen molar-refractivity contribution in [3.63, 3.8) is 0 Å². The minimum atomic E-state index is -0.0847. The summed E-state index contributed by atoms with van der Waals surface area (Å²) in [6.07, 6.45) is 1.72. The van der Waals surface area contributed by atoms with E-state index in [1.165, 1.54) is 0 Å². The minimum absolute atomic E-state index is 0.0847. The standard InChI is InChI=1S/C21H14N2O/c24-21(17-12-11-15-6-1-2-7-16(15)14-17)20-10-5-9-19(23-20)18-8-3-4-13-22-18/h1-14H. The van der Waals surface area contributed by atoms with Gasteiger partial charge in [-0.25, -0.2) is 4.98 Å². The Labute approximate surface area is 139 Å². The lowest BCUT2D eigenvalue weighted by atomic mass is 10.0. The molecule has 0 aliphatic rings. The Hall–Kier alpha value is -3.33. The first-order valence-corrected chi connectivity index (χ1v) is 7.73. The Bertz CT molecular complexity index is 1030. The van der Waals surface area contributed by atoms with Gasteiger partial charge in [-0.15, -0.1) is 0 Å². The number of rotatable bonds is 3. The van der Waals surface area contributed by atoms with Gasteiger partial charge in [0.2, 0.25) is 5.78 Å². The van der Waals surface area contributed by atoms with Gasteiger partial charge in [0.1, 0.15) is 5.69 Å². The van der Waals surface area contributed by atoms with Crippen LogP contribution in [0.15, 0.2) is 85.1 Å². The van der Waals surface area contributed by atoms with Crippen molar-refractivity contribution >= 4 is 16.6 Å². The highest BCUT2D eigenvalue weighted by Gasteiger charge is 2.12. The van der Waals surface area contributed by atoms with Crippen LogP contribution < -0.4 is 0 Å². The number of benzene rings is 2. The number of aromatic nitrogens is 2. The lowest BCUT2D eigenvalue weighted by molar-refractivity contribution is 0.103. The summed E-state index contributed by atoms with van der Waals surface area (Å²) < 4.78 is 0. The van der Waals surface area contributed by atoms with Crippen LogP contribution >= 0.6 is 0 Å². The van der Waals surface area contributed by atoms with Crippen molar-refractivity contribution in [2.45, 2.75) is 0 Å². The van der Waals surface area contributed by atoms with Crippen LogP contribution in [0.25, 0.3) is 22.2 Å². The van der Waals surface area contributed by atoms with Crippen LogP contribution in [0.3, 0.4) is 0 Å².